The van der Waals surface area contributed by atoms with Gasteiger partial charge in [0.1, 0.15) is 15.7 Å². The Morgan fingerprint density at radius 2 is 2.00 bits per heavy atom. The molecule has 0 amide bonds. The van der Waals surface area contributed by atoms with Crippen molar-refractivity contribution in [1.29, 1.82) is 0 Å². The molecule has 8 heteroatoms. The highest BCUT2D eigenvalue weighted by Crippen LogP contribution is 2.21. The van der Waals surface area contributed by atoms with Gasteiger partial charge in [0, 0.05) is 6.04 Å². The van der Waals surface area contributed by atoms with Crippen LogP contribution in [0.25, 0.3) is 0 Å². The van der Waals surface area contributed by atoms with Crippen LogP contribution in [0.15, 0.2) is 12.1 Å². The Bertz CT molecular complexity index is 586. The minimum Gasteiger partial charge on any atom is -0.477 e. The molecule has 2 rings (SSSR count). The fraction of sp³-hybridized carbons (Fsp3) is 0.455. The van der Waals surface area contributed by atoms with E-state index in [2.05, 4.69) is 10.3 Å². The lowest BCUT2D eigenvalue weighted by atomic mass is 10.1. The lowest BCUT2D eigenvalue weighted by Gasteiger charge is -2.24. The number of hydrogen-bond donors (Lipinski definition) is 3. The van der Waals surface area contributed by atoms with Gasteiger partial charge in [0.2, 0.25) is 0 Å². The fourth-order valence-corrected chi connectivity index (χ4v) is 3.42. The first-order valence-electron chi connectivity index (χ1n) is 5.84. The molecular formula is C11H15N3O4S. The van der Waals surface area contributed by atoms with Gasteiger partial charge in [-0.25, -0.2) is 18.2 Å². The molecule has 104 valence electrons. The van der Waals surface area contributed by atoms with E-state index in [9.17, 15) is 13.2 Å². The summed E-state index contributed by atoms with van der Waals surface area (Å²) in [5, 5.41) is 11.9. The van der Waals surface area contributed by atoms with Crippen molar-refractivity contribution in [3.63, 3.8) is 0 Å². The van der Waals surface area contributed by atoms with E-state index in [4.69, 9.17) is 10.8 Å². The molecule has 0 spiro atoms. The Morgan fingerprint density at radius 3 is 2.58 bits per heavy atom. The van der Waals surface area contributed by atoms with Gasteiger partial charge in [-0.3, -0.25) is 0 Å². The smallest absolute Gasteiger partial charge is 0.354 e. The lowest BCUT2D eigenvalue weighted by Crippen LogP contribution is -2.32. The number of sulfone groups is 1. The summed E-state index contributed by atoms with van der Waals surface area (Å²) < 4.78 is 22.6. The summed E-state index contributed by atoms with van der Waals surface area (Å²) in [5.74, 6) is -0.578. The first-order chi connectivity index (χ1) is 8.87. The average Bonchev–Trinajstić information content (AvgIpc) is 2.34. The number of anilines is 2. The first kappa shape index (κ1) is 13.6. The van der Waals surface area contributed by atoms with Crippen LogP contribution in [0.3, 0.4) is 0 Å². The standard InChI is InChI=1S/C11H15N3O4S/c12-8-1-2-9(11(15)16)14-10(8)13-7-3-5-19(17,18)6-4-7/h1-2,7H,3-6,12H2,(H,13,14)(H,15,16). The Morgan fingerprint density at radius 1 is 1.37 bits per heavy atom. The molecule has 7 nitrogen and oxygen atoms in total. The van der Waals surface area contributed by atoms with Gasteiger partial charge >= 0.3 is 5.97 Å². The molecule has 0 bridgehead atoms. The van der Waals surface area contributed by atoms with Crippen LogP contribution in [0.4, 0.5) is 11.5 Å². The van der Waals surface area contributed by atoms with Crippen molar-refractivity contribution >= 4 is 27.3 Å². The predicted molar refractivity (Wildman–Crippen MR) is 70.9 cm³/mol. The Hall–Kier alpha value is -1.83. The molecule has 4 N–H and O–H groups in total. The molecule has 0 aliphatic carbocycles. The SMILES string of the molecule is Nc1ccc(C(=O)O)nc1NC1CCS(=O)(=O)CC1. The second kappa shape index (κ2) is 5.04. The monoisotopic (exact) mass is 285 g/mol. The molecule has 1 aliphatic rings. The van der Waals surface area contributed by atoms with E-state index < -0.39 is 15.8 Å². The molecule has 0 saturated carbocycles. The van der Waals surface area contributed by atoms with Crippen molar-refractivity contribution in [3.05, 3.63) is 17.8 Å². The zero-order chi connectivity index (χ0) is 14.0. The number of aromatic nitrogens is 1. The number of pyridine rings is 1. The third kappa shape index (κ3) is 3.34. The minimum atomic E-state index is -2.93. The topological polar surface area (TPSA) is 122 Å². The number of hydrogen-bond acceptors (Lipinski definition) is 6. The third-order valence-corrected chi connectivity index (χ3v) is 4.76. The zero-order valence-electron chi connectivity index (χ0n) is 10.2. The van der Waals surface area contributed by atoms with Crippen molar-refractivity contribution in [1.82, 2.24) is 4.98 Å². The number of nitrogens with two attached hydrogens (primary N) is 1. The zero-order valence-corrected chi connectivity index (χ0v) is 11.0. The molecule has 0 unspecified atom stereocenters. The summed E-state index contributed by atoms with van der Waals surface area (Å²) in [6.45, 7) is 0. The molecule has 1 aromatic heterocycles. The minimum absolute atomic E-state index is 0.0534. The molecule has 19 heavy (non-hydrogen) atoms. The van der Waals surface area contributed by atoms with Crippen LogP contribution < -0.4 is 11.1 Å². The Labute approximate surface area is 110 Å². The van der Waals surface area contributed by atoms with Gasteiger partial charge < -0.3 is 16.2 Å². The highest BCUT2D eigenvalue weighted by Gasteiger charge is 2.24. The van der Waals surface area contributed by atoms with Crippen LogP contribution in [0.2, 0.25) is 0 Å². The van der Waals surface area contributed by atoms with Crippen molar-refractivity contribution in [2.45, 2.75) is 18.9 Å². The summed E-state index contributed by atoms with van der Waals surface area (Å²) >= 11 is 0. The van der Waals surface area contributed by atoms with E-state index in [1.54, 1.807) is 0 Å². The number of nitrogen functional groups attached to an aromatic ring is 1. The van der Waals surface area contributed by atoms with Crippen LogP contribution >= 0.6 is 0 Å². The third-order valence-electron chi connectivity index (χ3n) is 3.04. The van der Waals surface area contributed by atoms with Crippen molar-refractivity contribution in [2.24, 2.45) is 0 Å². The van der Waals surface area contributed by atoms with Crippen molar-refractivity contribution in [2.75, 3.05) is 22.6 Å². The van der Waals surface area contributed by atoms with E-state index in [0.29, 0.717) is 24.3 Å². The maximum absolute atomic E-state index is 11.3. The number of carboxylic acids is 1. The average molecular weight is 285 g/mol. The largest absolute Gasteiger partial charge is 0.477 e. The Balaban J connectivity index is 2.11. The number of carboxylic acid groups (broad SMARTS) is 1. The van der Waals surface area contributed by atoms with Crippen LogP contribution in [-0.2, 0) is 9.84 Å². The quantitative estimate of drug-likeness (QED) is 0.732. The number of aromatic carboxylic acids is 1. The van der Waals surface area contributed by atoms with E-state index in [1.807, 2.05) is 0 Å². The molecule has 2 heterocycles. The van der Waals surface area contributed by atoms with Gasteiger partial charge in [-0.15, -0.1) is 0 Å². The van der Waals surface area contributed by atoms with Crippen LogP contribution in [0.5, 0.6) is 0 Å². The van der Waals surface area contributed by atoms with Gasteiger partial charge in [-0.1, -0.05) is 0 Å². The molecule has 1 aromatic rings. The summed E-state index contributed by atoms with van der Waals surface area (Å²) in [6.07, 6.45) is 0.946. The fourth-order valence-electron chi connectivity index (χ4n) is 1.93. The van der Waals surface area contributed by atoms with Gasteiger partial charge in [0.15, 0.2) is 5.69 Å². The summed E-state index contributed by atoms with van der Waals surface area (Å²) in [5.41, 5.74) is 5.97. The number of rotatable bonds is 3. The number of nitrogens with one attached hydrogen (secondary N) is 1. The number of nitrogens with zero attached hydrogens (tertiary/aromatic N) is 1. The highest BCUT2D eigenvalue weighted by atomic mass is 32.2. The second-order valence-corrected chi connectivity index (χ2v) is 6.81. The molecular weight excluding hydrogens is 270 g/mol. The normalized spacial score (nSPS) is 18.9. The summed E-state index contributed by atoms with van der Waals surface area (Å²) in [6, 6.07) is 2.74. The lowest BCUT2D eigenvalue weighted by molar-refractivity contribution is 0.0690. The van der Waals surface area contributed by atoms with Crippen molar-refractivity contribution in [3.8, 4) is 0 Å². The van der Waals surface area contributed by atoms with E-state index in [1.165, 1.54) is 12.1 Å². The highest BCUT2D eigenvalue weighted by molar-refractivity contribution is 7.91. The molecule has 0 atom stereocenters. The molecule has 1 fully saturated rings. The maximum atomic E-state index is 11.3. The molecule has 1 saturated heterocycles. The van der Waals surface area contributed by atoms with E-state index in [0.717, 1.165) is 0 Å². The van der Waals surface area contributed by atoms with Gasteiger partial charge in [0.25, 0.3) is 0 Å². The van der Waals surface area contributed by atoms with Gasteiger partial charge in [-0.05, 0) is 25.0 Å². The van der Waals surface area contributed by atoms with Crippen molar-refractivity contribution < 1.29 is 18.3 Å². The Kier molecular flexibility index (Phi) is 3.61. The molecule has 1 aliphatic heterocycles. The molecule has 0 aromatic carbocycles. The van der Waals surface area contributed by atoms with Crippen LogP contribution in [0.1, 0.15) is 23.3 Å². The van der Waals surface area contributed by atoms with E-state index in [-0.39, 0.29) is 23.2 Å². The van der Waals surface area contributed by atoms with Gasteiger partial charge in [-0.2, -0.15) is 0 Å². The summed E-state index contributed by atoms with van der Waals surface area (Å²) in [4.78, 5) is 14.7. The van der Waals surface area contributed by atoms with Crippen LogP contribution in [-0.4, -0.2) is 42.0 Å². The van der Waals surface area contributed by atoms with Crippen LogP contribution in [0, 0.1) is 0 Å². The molecule has 0 radical (unpaired) electrons. The predicted octanol–water partition coefficient (Wildman–Crippen LogP) is 0.351. The second-order valence-electron chi connectivity index (χ2n) is 4.51. The first-order valence-corrected chi connectivity index (χ1v) is 7.66. The number of carbonyl (C=O) groups is 1. The maximum Gasteiger partial charge on any atom is 0.354 e. The van der Waals surface area contributed by atoms with Gasteiger partial charge in [0.05, 0.1) is 17.2 Å². The summed E-state index contributed by atoms with van der Waals surface area (Å²) in [7, 11) is -2.93. The van der Waals surface area contributed by atoms with E-state index >= 15 is 0 Å².